The summed E-state index contributed by atoms with van der Waals surface area (Å²) in [5.74, 6) is -1.49. The molecular formula is C31H26F9N5O4. The molecule has 0 bridgehead atoms. The number of carboxylic acids is 1. The molecule has 2 heterocycles. The van der Waals surface area contributed by atoms with Gasteiger partial charge < -0.3 is 19.5 Å². The van der Waals surface area contributed by atoms with Gasteiger partial charge in [0.05, 0.1) is 41.7 Å². The molecule has 0 aliphatic rings. The lowest BCUT2D eigenvalue weighted by atomic mass is 9.97. The highest BCUT2D eigenvalue weighted by atomic mass is 19.4. The second-order valence-corrected chi connectivity index (χ2v) is 10.4. The van der Waals surface area contributed by atoms with Gasteiger partial charge >= 0.3 is 30.5 Å². The molecule has 0 aliphatic carbocycles. The summed E-state index contributed by atoms with van der Waals surface area (Å²) in [5, 5.41) is 8.80. The first-order valence-corrected chi connectivity index (χ1v) is 14.3. The van der Waals surface area contributed by atoms with Crippen LogP contribution >= 0.6 is 0 Å². The van der Waals surface area contributed by atoms with Crippen LogP contribution in [0.1, 0.15) is 60.0 Å². The van der Waals surface area contributed by atoms with Crippen LogP contribution in [-0.2, 0) is 29.9 Å². The van der Waals surface area contributed by atoms with E-state index in [4.69, 9.17) is 14.6 Å². The summed E-state index contributed by atoms with van der Waals surface area (Å²) in [5.41, 5.74) is -4.99. The van der Waals surface area contributed by atoms with Gasteiger partial charge in [-0.3, -0.25) is 4.79 Å². The van der Waals surface area contributed by atoms with Crippen LogP contribution in [-0.4, -0.2) is 37.6 Å². The maximum Gasteiger partial charge on any atom is 0.416 e. The number of hydrogen-bond donors (Lipinski definition) is 1. The van der Waals surface area contributed by atoms with Crippen molar-refractivity contribution in [2.75, 3.05) is 11.5 Å². The molecule has 0 amide bonds. The van der Waals surface area contributed by atoms with Gasteiger partial charge in [-0.15, -0.1) is 0 Å². The molecule has 0 saturated heterocycles. The zero-order valence-corrected chi connectivity index (χ0v) is 25.3. The lowest BCUT2D eigenvalue weighted by Gasteiger charge is -2.33. The van der Waals surface area contributed by atoms with Crippen LogP contribution in [0.2, 0.25) is 0 Å². The molecule has 2 aromatic carbocycles. The number of carboxylic acid groups (broad SMARTS) is 1. The molecule has 0 radical (unpaired) electrons. The van der Waals surface area contributed by atoms with Crippen molar-refractivity contribution in [2.45, 2.75) is 57.3 Å². The Bertz CT molecular complexity index is 1690. The van der Waals surface area contributed by atoms with Crippen molar-refractivity contribution < 1.29 is 58.9 Å². The van der Waals surface area contributed by atoms with Gasteiger partial charge in [-0.25, -0.2) is 19.9 Å². The molecule has 9 nitrogen and oxygen atoms in total. The van der Waals surface area contributed by atoms with Gasteiger partial charge in [-0.05, 0) is 60.9 Å². The highest BCUT2D eigenvalue weighted by Crippen LogP contribution is 2.42. The first-order valence-electron chi connectivity index (χ1n) is 14.3. The minimum Gasteiger partial charge on any atom is -0.490 e. The Kier molecular flexibility index (Phi) is 11.2. The number of aliphatic carboxylic acids is 1. The van der Waals surface area contributed by atoms with E-state index in [1.54, 1.807) is 0 Å². The van der Waals surface area contributed by atoms with Crippen molar-refractivity contribution >= 4 is 11.9 Å². The molecule has 1 unspecified atom stereocenters. The molecule has 4 rings (SSSR count). The number of anilines is 1. The van der Waals surface area contributed by atoms with Gasteiger partial charge in [-0.2, -0.15) is 39.5 Å². The van der Waals surface area contributed by atoms with Crippen molar-refractivity contribution in [1.82, 2.24) is 19.9 Å². The van der Waals surface area contributed by atoms with Crippen molar-refractivity contribution in [3.8, 4) is 17.5 Å². The minimum atomic E-state index is -5.17. The third-order valence-corrected chi connectivity index (χ3v) is 6.88. The Balaban J connectivity index is 1.85. The fraction of sp³-hybridized carbons (Fsp3) is 0.323. The summed E-state index contributed by atoms with van der Waals surface area (Å²) in [6, 6.07) is 3.38. The largest absolute Gasteiger partial charge is 0.490 e. The predicted molar refractivity (Wildman–Crippen MR) is 154 cm³/mol. The molecule has 1 N–H and O–H groups in total. The molecule has 0 fully saturated rings. The summed E-state index contributed by atoms with van der Waals surface area (Å²) in [7, 11) is 0. The van der Waals surface area contributed by atoms with Crippen molar-refractivity contribution in [2.24, 2.45) is 0 Å². The van der Waals surface area contributed by atoms with Crippen LogP contribution in [0.15, 0.2) is 67.3 Å². The van der Waals surface area contributed by atoms with Crippen molar-refractivity contribution in [3.05, 3.63) is 95.1 Å². The highest BCUT2D eigenvalue weighted by molar-refractivity contribution is 5.66. The van der Waals surface area contributed by atoms with Gasteiger partial charge in [0.2, 0.25) is 5.95 Å². The molecule has 0 saturated carbocycles. The van der Waals surface area contributed by atoms with E-state index < -0.39 is 59.3 Å². The summed E-state index contributed by atoms with van der Waals surface area (Å²) in [6.45, 7) is 0.739. The molecule has 262 valence electrons. The number of halogens is 9. The summed E-state index contributed by atoms with van der Waals surface area (Å²) >= 11 is 0. The van der Waals surface area contributed by atoms with Crippen molar-refractivity contribution in [1.29, 1.82) is 0 Å². The maximum absolute atomic E-state index is 13.9. The number of benzene rings is 2. The molecule has 1 atom stereocenters. The monoisotopic (exact) mass is 703 g/mol. The zero-order chi connectivity index (χ0) is 36.0. The van der Waals surface area contributed by atoms with E-state index in [1.807, 2.05) is 0 Å². The quantitative estimate of drug-likeness (QED) is 0.108. The number of alkyl halides is 9. The lowest BCUT2D eigenvalue weighted by molar-refractivity contribution is -0.143. The average Bonchev–Trinajstić information content (AvgIpc) is 3.03. The van der Waals surface area contributed by atoms with Crippen LogP contribution in [0.25, 0.3) is 0 Å². The SMILES string of the molecule is CCC(c1cc(C(F)(F)F)ccc1Oc1ncccn1)N(Cc1cc(C(F)(F)F)cc(C(F)(F)F)c1)c1ncc(OCCCC(=O)O)cn1. The standard InChI is InChI=1S/C31H26F9N5O4/c1-2-24(23-14-19(29(32,33)34)6-7-25(23)49-28-41-8-4-9-42-28)45(27-43-15-22(16-44-27)48-10-3-5-26(46)47)17-18-11-20(30(35,36)37)13-21(12-18)31(38,39)40/h4,6-9,11-16,24H,2-3,5,10,17H2,1H3,(H,46,47). The van der Waals surface area contributed by atoms with E-state index in [1.165, 1.54) is 25.4 Å². The zero-order valence-electron chi connectivity index (χ0n) is 25.3. The van der Waals surface area contributed by atoms with Gasteiger partial charge in [0, 0.05) is 30.9 Å². The fourth-order valence-electron chi connectivity index (χ4n) is 4.70. The first kappa shape index (κ1) is 36.7. The molecule has 2 aromatic heterocycles. The van der Waals surface area contributed by atoms with E-state index in [0.29, 0.717) is 12.1 Å². The summed E-state index contributed by atoms with van der Waals surface area (Å²) in [6.07, 6.45) is -10.5. The number of rotatable bonds is 13. The number of ether oxygens (including phenoxy) is 2. The Hall–Kier alpha value is -5.16. The number of hydrogen-bond acceptors (Lipinski definition) is 8. The van der Waals surface area contributed by atoms with E-state index >= 15 is 0 Å². The van der Waals surface area contributed by atoms with Crippen LogP contribution in [0.5, 0.6) is 17.5 Å². The van der Waals surface area contributed by atoms with Gasteiger partial charge in [0.15, 0.2) is 5.75 Å². The molecule has 4 aromatic rings. The van der Waals surface area contributed by atoms with E-state index in [2.05, 4.69) is 19.9 Å². The highest BCUT2D eigenvalue weighted by Gasteiger charge is 2.38. The molecule has 18 heteroatoms. The third kappa shape index (κ3) is 9.93. The van der Waals surface area contributed by atoms with Crippen LogP contribution in [0, 0.1) is 0 Å². The number of aromatic nitrogens is 4. The summed E-state index contributed by atoms with van der Waals surface area (Å²) < 4.78 is 135. The Labute approximate surface area is 272 Å². The normalized spacial score (nSPS) is 12.8. The lowest BCUT2D eigenvalue weighted by Crippen LogP contribution is -2.30. The number of nitrogens with zero attached hydrogens (tertiary/aromatic N) is 5. The second kappa shape index (κ2) is 14.9. The van der Waals surface area contributed by atoms with E-state index in [0.717, 1.165) is 35.5 Å². The second-order valence-electron chi connectivity index (χ2n) is 10.4. The molecule has 49 heavy (non-hydrogen) atoms. The predicted octanol–water partition coefficient (Wildman–Crippen LogP) is 8.52. The van der Waals surface area contributed by atoms with E-state index in [9.17, 15) is 44.3 Å². The molecule has 0 aliphatic heterocycles. The smallest absolute Gasteiger partial charge is 0.416 e. The van der Waals surface area contributed by atoms with Gasteiger partial charge in [0.1, 0.15) is 5.75 Å². The molecule has 0 spiro atoms. The van der Waals surface area contributed by atoms with Gasteiger partial charge in [0.25, 0.3) is 0 Å². The average molecular weight is 704 g/mol. The minimum absolute atomic E-state index is 0.0449. The van der Waals surface area contributed by atoms with Gasteiger partial charge in [-0.1, -0.05) is 6.92 Å². The molecular weight excluding hydrogens is 677 g/mol. The van der Waals surface area contributed by atoms with E-state index in [-0.39, 0.29) is 61.0 Å². The number of carbonyl (C=O) groups is 1. The fourth-order valence-corrected chi connectivity index (χ4v) is 4.70. The topological polar surface area (TPSA) is 111 Å². The van der Waals surface area contributed by atoms with Crippen LogP contribution in [0.4, 0.5) is 45.5 Å². The Morgan fingerprint density at radius 3 is 1.96 bits per heavy atom. The summed E-state index contributed by atoms with van der Waals surface area (Å²) in [4.78, 5) is 28.0. The van der Waals surface area contributed by atoms with Crippen LogP contribution < -0.4 is 14.4 Å². The Morgan fingerprint density at radius 1 is 0.837 bits per heavy atom. The van der Waals surface area contributed by atoms with Crippen LogP contribution in [0.3, 0.4) is 0 Å². The first-order chi connectivity index (χ1) is 23.0. The maximum atomic E-state index is 13.9. The van der Waals surface area contributed by atoms with Crippen molar-refractivity contribution in [3.63, 3.8) is 0 Å². The Morgan fingerprint density at radius 2 is 1.43 bits per heavy atom. The third-order valence-electron chi connectivity index (χ3n) is 6.88.